The summed E-state index contributed by atoms with van der Waals surface area (Å²) in [7, 11) is -1.88. The second kappa shape index (κ2) is 7.93. The Morgan fingerprint density at radius 2 is 1.32 bits per heavy atom. The van der Waals surface area contributed by atoms with E-state index in [0.29, 0.717) is 11.1 Å². The average molecular weight is 522 g/mol. The molecule has 0 nitrogen and oxygen atoms in total. The number of hydrogen-bond acceptors (Lipinski definition) is 0. The van der Waals surface area contributed by atoms with Crippen LogP contribution in [-0.2, 0) is 0 Å². The van der Waals surface area contributed by atoms with Gasteiger partial charge in [0.25, 0.3) is 0 Å². The highest BCUT2D eigenvalue weighted by atomic mass is 79.9. The summed E-state index contributed by atoms with van der Waals surface area (Å²) in [6.45, 7) is 9.98. The fourth-order valence-electron chi connectivity index (χ4n) is 6.99. The lowest BCUT2D eigenvalue weighted by Gasteiger charge is -2.39. The fraction of sp³-hybridized carbons (Fsp3) is 0.188. The van der Waals surface area contributed by atoms with Crippen molar-refractivity contribution in [2.75, 3.05) is 0 Å². The molecule has 4 aromatic carbocycles. The van der Waals surface area contributed by atoms with E-state index in [-0.39, 0.29) is 0 Å². The molecule has 34 heavy (non-hydrogen) atoms. The van der Waals surface area contributed by atoms with Gasteiger partial charge in [-0.3, -0.25) is 0 Å². The lowest BCUT2D eigenvalue weighted by molar-refractivity contribution is 0.967. The van der Waals surface area contributed by atoms with E-state index < -0.39 is 8.07 Å². The lowest BCUT2D eigenvalue weighted by atomic mass is 9.93. The maximum Gasteiger partial charge on any atom is 0.0722 e. The molecule has 4 aromatic rings. The molecular weight excluding hydrogens is 492 g/mol. The maximum absolute atomic E-state index is 3.81. The number of halogens is 1. The molecule has 0 saturated heterocycles. The van der Waals surface area contributed by atoms with Gasteiger partial charge in [0.05, 0.1) is 8.07 Å². The summed E-state index contributed by atoms with van der Waals surface area (Å²) in [4.78, 5) is 0. The van der Waals surface area contributed by atoms with Gasteiger partial charge in [0, 0.05) is 15.6 Å². The van der Waals surface area contributed by atoms with Crippen LogP contribution in [0.1, 0.15) is 52.7 Å². The SMILES string of the molecule is CC1=Cc2c(Br)cccc2C1[Si](C)(C)C1C(C)=C(c2cccc3ccccc23)c2ccccc21. The first-order valence-electron chi connectivity index (χ1n) is 12.1. The Kier molecular flexibility index (Phi) is 5.09. The van der Waals surface area contributed by atoms with E-state index in [1.807, 2.05) is 0 Å². The molecule has 168 valence electrons. The first-order chi connectivity index (χ1) is 16.4. The summed E-state index contributed by atoms with van der Waals surface area (Å²) >= 11 is 3.81. The molecule has 2 aliphatic rings. The molecule has 0 heterocycles. The Morgan fingerprint density at radius 1 is 0.676 bits per heavy atom. The normalized spacial score (nSPS) is 19.4. The zero-order valence-corrected chi connectivity index (χ0v) is 22.8. The van der Waals surface area contributed by atoms with E-state index in [0.717, 1.165) is 0 Å². The summed E-state index contributed by atoms with van der Waals surface area (Å²) in [5.74, 6) is 0. The highest BCUT2D eigenvalue weighted by molar-refractivity contribution is 9.10. The average Bonchev–Trinajstić information content (AvgIpc) is 3.33. The molecule has 2 heteroatoms. The molecule has 0 spiro atoms. The van der Waals surface area contributed by atoms with Crippen LogP contribution in [0.25, 0.3) is 22.4 Å². The van der Waals surface area contributed by atoms with E-state index in [4.69, 9.17) is 0 Å². The minimum Gasteiger partial charge on any atom is -0.0679 e. The van der Waals surface area contributed by atoms with Gasteiger partial charge in [0.1, 0.15) is 0 Å². The molecule has 2 unspecified atom stereocenters. The van der Waals surface area contributed by atoms with Crippen LogP contribution in [0.4, 0.5) is 0 Å². The van der Waals surface area contributed by atoms with Crippen molar-refractivity contribution < 1.29 is 0 Å². The van der Waals surface area contributed by atoms with Crippen LogP contribution in [0, 0.1) is 0 Å². The number of allylic oxidation sites excluding steroid dienone is 2. The van der Waals surface area contributed by atoms with E-state index >= 15 is 0 Å². The Morgan fingerprint density at radius 3 is 2.18 bits per heavy atom. The van der Waals surface area contributed by atoms with Gasteiger partial charge in [-0.05, 0) is 64.1 Å². The van der Waals surface area contributed by atoms with Crippen LogP contribution in [0.5, 0.6) is 0 Å². The minimum absolute atomic E-state index is 0.482. The standard InChI is InChI=1S/C32H29BrSi/c1-20-19-28-27(17-10-18-29(28)33)31(20)34(3,4)32-21(2)30(25-14-7-8-15-26(25)32)24-16-9-12-22-11-5-6-13-23(22)24/h5-19,31-32H,1-4H3. The van der Waals surface area contributed by atoms with Crippen LogP contribution in [0.3, 0.4) is 0 Å². The quantitative estimate of drug-likeness (QED) is 0.236. The number of rotatable bonds is 3. The van der Waals surface area contributed by atoms with Crippen molar-refractivity contribution in [3.8, 4) is 0 Å². The van der Waals surface area contributed by atoms with E-state index in [9.17, 15) is 0 Å². The predicted molar refractivity (Wildman–Crippen MR) is 153 cm³/mol. The first kappa shape index (κ1) is 21.8. The van der Waals surface area contributed by atoms with Gasteiger partial charge >= 0.3 is 0 Å². The molecule has 0 aliphatic heterocycles. The summed E-state index contributed by atoms with van der Waals surface area (Å²) in [6, 6.07) is 31.5. The second-order valence-corrected chi connectivity index (χ2v) is 16.1. The molecular formula is C32H29BrSi. The number of hydrogen-bond donors (Lipinski definition) is 0. The van der Waals surface area contributed by atoms with Crippen molar-refractivity contribution in [3.63, 3.8) is 0 Å². The minimum atomic E-state index is -1.88. The predicted octanol–water partition coefficient (Wildman–Crippen LogP) is 9.51. The van der Waals surface area contributed by atoms with Crippen LogP contribution in [-0.4, -0.2) is 8.07 Å². The van der Waals surface area contributed by atoms with Gasteiger partial charge in [-0.2, -0.15) is 0 Å². The van der Waals surface area contributed by atoms with Crippen molar-refractivity contribution in [2.24, 2.45) is 0 Å². The van der Waals surface area contributed by atoms with Crippen LogP contribution in [0.15, 0.2) is 101 Å². The Labute approximate surface area is 212 Å². The zero-order chi connectivity index (χ0) is 23.6. The smallest absolute Gasteiger partial charge is 0.0679 e. The van der Waals surface area contributed by atoms with E-state index in [1.54, 1.807) is 5.57 Å². The zero-order valence-electron chi connectivity index (χ0n) is 20.2. The third kappa shape index (κ3) is 3.08. The molecule has 0 aromatic heterocycles. The summed E-state index contributed by atoms with van der Waals surface area (Å²) < 4.78 is 1.21. The third-order valence-corrected chi connectivity index (χ3v) is 13.3. The Bertz CT molecular complexity index is 1520. The summed E-state index contributed by atoms with van der Waals surface area (Å²) in [6.07, 6.45) is 2.42. The third-order valence-electron chi connectivity index (χ3n) is 8.14. The van der Waals surface area contributed by atoms with Gasteiger partial charge in [0.2, 0.25) is 0 Å². The Hall–Kier alpha value is -2.68. The largest absolute Gasteiger partial charge is 0.0722 e. The molecule has 0 amide bonds. The molecule has 6 rings (SSSR count). The highest BCUT2D eigenvalue weighted by Crippen LogP contribution is 2.56. The first-order valence-corrected chi connectivity index (χ1v) is 16.1. The van der Waals surface area contributed by atoms with Crippen molar-refractivity contribution in [3.05, 3.63) is 128 Å². The number of fused-ring (bicyclic) bond motifs is 3. The van der Waals surface area contributed by atoms with Gasteiger partial charge < -0.3 is 0 Å². The van der Waals surface area contributed by atoms with E-state index in [1.165, 1.54) is 54.2 Å². The van der Waals surface area contributed by atoms with Crippen molar-refractivity contribution in [1.82, 2.24) is 0 Å². The molecule has 2 aliphatic carbocycles. The van der Waals surface area contributed by atoms with Gasteiger partial charge in [0.15, 0.2) is 0 Å². The topological polar surface area (TPSA) is 0 Å². The van der Waals surface area contributed by atoms with Gasteiger partial charge in [-0.1, -0.05) is 125 Å². The summed E-state index contributed by atoms with van der Waals surface area (Å²) in [5, 5.41) is 2.66. The molecule has 2 atom stereocenters. The van der Waals surface area contributed by atoms with Gasteiger partial charge in [-0.15, -0.1) is 0 Å². The highest BCUT2D eigenvalue weighted by Gasteiger charge is 2.48. The van der Waals surface area contributed by atoms with E-state index in [2.05, 4.69) is 134 Å². The van der Waals surface area contributed by atoms with Crippen LogP contribution in [0.2, 0.25) is 13.1 Å². The van der Waals surface area contributed by atoms with Crippen LogP contribution < -0.4 is 0 Å². The molecule has 0 radical (unpaired) electrons. The molecule has 0 N–H and O–H groups in total. The molecule has 0 saturated carbocycles. The van der Waals surface area contributed by atoms with Crippen molar-refractivity contribution in [2.45, 2.75) is 38.0 Å². The Balaban J connectivity index is 1.58. The number of benzene rings is 4. The van der Waals surface area contributed by atoms with Crippen molar-refractivity contribution in [1.29, 1.82) is 0 Å². The molecule has 0 fully saturated rings. The second-order valence-electron chi connectivity index (χ2n) is 10.5. The lowest BCUT2D eigenvalue weighted by Crippen LogP contribution is -2.42. The maximum atomic E-state index is 3.81. The summed E-state index contributed by atoms with van der Waals surface area (Å²) in [5.41, 5.74) is 12.7. The van der Waals surface area contributed by atoms with Gasteiger partial charge in [-0.25, -0.2) is 0 Å². The van der Waals surface area contributed by atoms with Crippen molar-refractivity contribution >= 4 is 46.4 Å². The molecule has 0 bridgehead atoms. The fourth-order valence-corrected chi connectivity index (χ4v) is 12.4. The monoisotopic (exact) mass is 520 g/mol. The van der Waals surface area contributed by atoms with Crippen LogP contribution >= 0.6 is 15.9 Å².